The fourth-order valence-corrected chi connectivity index (χ4v) is 2.72. The first-order valence-electron chi connectivity index (χ1n) is 6.53. The highest BCUT2D eigenvalue weighted by Crippen LogP contribution is 2.37. The minimum atomic E-state index is -4.12. The van der Waals surface area contributed by atoms with Crippen LogP contribution in [0.1, 0.15) is 28.4 Å². The van der Waals surface area contributed by atoms with Crippen LogP contribution in [0.2, 0.25) is 0 Å². The van der Waals surface area contributed by atoms with Gasteiger partial charge in [0, 0.05) is 6.07 Å². The van der Waals surface area contributed by atoms with Crippen LogP contribution >= 0.6 is 0 Å². The van der Waals surface area contributed by atoms with Crippen LogP contribution in [0, 0.1) is 0 Å². The van der Waals surface area contributed by atoms with E-state index in [-0.39, 0.29) is 23.7 Å². The molecule has 0 spiro atoms. The topological polar surface area (TPSA) is 95.7 Å². The summed E-state index contributed by atoms with van der Waals surface area (Å²) in [4.78, 5) is 12.2. The van der Waals surface area contributed by atoms with Crippen LogP contribution in [0.15, 0.2) is 48.5 Å². The van der Waals surface area contributed by atoms with Gasteiger partial charge in [0.05, 0.1) is 12.0 Å². The molecule has 0 aliphatic carbocycles. The largest absolute Gasteiger partial charge is 0.484 e. The number of rotatable bonds is 3. The summed E-state index contributed by atoms with van der Waals surface area (Å²) in [6, 6.07) is 13.5. The highest BCUT2D eigenvalue weighted by Gasteiger charge is 2.28. The van der Waals surface area contributed by atoms with Crippen molar-refractivity contribution < 1.29 is 22.1 Å². The highest BCUT2D eigenvalue weighted by atomic mass is 32.2. The quantitative estimate of drug-likeness (QED) is 0.933. The van der Waals surface area contributed by atoms with E-state index in [9.17, 15) is 13.2 Å². The summed E-state index contributed by atoms with van der Waals surface area (Å²) in [6.07, 6.45) is -0.183. The highest BCUT2D eigenvalue weighted by molar-refractivity contribution is 7.84. The zero-order chi connectivity index (χ0) is 15.7. The van der Waals surface area contributed by atoms with Gasteiger partial charge in [-0.05, 0) is 17.7 Å². The van der Waals surface area contributed by atoms with E-state index >= 15 is 0 Å². The fraction of sp³-hybridized carbons (Fsp3) is 0.133. The molecule has 3 rings (SSSR count). The Labute approximate surface area is 127 Å². The van der Waals surface area contributed by atoms with Gasteiger partial charge in [0.1, 0.15) is 17.6 Å². The van der Waals surface area contributed by atoms with Crippen LogP contribution in [0.25, 0.3) is 0 Å². The Kier molecular flexibility index (Phi) is 3.59. The van der Waals surface area contributed by atoms with Crippen molar-refractivity contribution >= 4 is 16.1 Å². The Morgan fingerprint density at radius 3 is 2.55 bits per heavy atom. The number of hydrogen-bond acceptors (Lipinski definition) is 5. The van der Waals surface area contributed by atoms with Crippen LogP contribution < -0.4 is 14.1 Å². The molecule has 2 aromatic carbocycles. The minimum absolute atomic E-state index is 0.00256. The average Bonchev–Trinajstić information content (AvgIpc) is 2.46. The van der Waals surface area contributed by atoms with Gasteiger partial charge in [0.15, 0.2) is 5.78 Å². The third kappa shape index (κ3) is 3.10. The summed E-state index contributed by atoms with van der Waals surface area (Å²) in [7, 11) is -4.12. The van der Waals surface area contributed by atoms with Crippen molar-refractivity contribution in [2.45, 2.75) is 12.5 Å². The van der Waals surface area contributed by atoms with Gasteiger partial charge in [-0.2, -0.15) is 13.6 Å². The second-order valence-corrected chi connectivity index (χ2v) is 6.03. The van der Waals surface area contributed by atoms with Gasteiger partial charge in [0.25, 0.3) is 0 Å². The molecule has 0 amide bonds. The lowest BCUT2D eigenvalue weighted by Crippen LogP contribution is -2.21. The predicted molar refractivity (Wildman–Crippen MR) is 78.9 cm³/mol. The molecule has 1 aliphatic rings. The van der Waals surface area contributed by atoms with E-state index in [0.717, 1.165) is 5.56 Å². The van der Waals surface area contributed by atoms with E-state index in [2.05, 4.69) is 4.18 Å². The molecule has 0 radical (unpaired) electrons. The monoisotopic (exact) mass is 319 g/mol. The van der Waals surface area contributed by atoms with E-state index < -0.39 is 16.4 Å². The number of carbonyl (C=O) groups is 1. The molecule has 0 saturated carbocycles. The molecule has 0 aromatic heterocycles. The number of ketones is 1. The second-order valence-electron chi connectivity index (χ2n) is 4.88. The van der Waals surface area contributed by atoms with Crippen molar-refractivity contribution in [1.82, 2.24) is 0 Å². The lowest BCUT2D eigenvalue weighted by molar-refractivity contribution is 0.0850. The van der Waals surface area contributed by atoms with Gasteiger partial charge in [-0.25, -0.2) is 0 Å². The summed E-state index contributed by atoms with van der Waals surface area (Å²) in [5, 5.41) is 4.83. The number of nitrogens with two attached hydrogens (primary N) is 1. The molecule has 1 unspecified atom stereocenters. The molecule has 0 fully saturated rings. The summed E-state index contributed by atoms with van der Waals surface area (Å²) >= 11 is 0. The van der Waals surface area contributed by atoms with E-state index in [1.165, 1.54) is 18.2 Å². The maximum absolute atomic E-state index is 12.2. The van der Waals surface area contributed by atoms with Gasteiger partial charge >= 0.3 is 10.3 Å². The molecule has 114 valence electrons. The maximum Gasteiger partial charge on any atom is 0.380 e. The smallest absolute Gasteiger partial charge is 0.380 e. The van der Waals surface area contributed by atoms with Gasteiger partial charge < -0.3 is 8.92 Å². The van der Waals surface area contributed by atoms with Gasteiger partial charge in [-0.1, -0.05) is 30.3 Å². The first kappa shape index (κ1) is 14.6. The molecule has 6 nitrogen and oxygen atoms in total. The number of Topliss-reactive ketones (excluding diaryl/α,β-unsaturated/α-hetero) is 1. The number of benzene rings is 2. The van der Waals surface area contributed by atoms with Gasteiger partial charge in [-0.3, -0.25) is 4.79 Å². The molecule has 1 atom stereocenters. The average molecular weight is 319 g/mol. The first-order chi connectivity index (χ1) is 10.4. The Hall–Kier alpha value is -2.38. The molecule has 0 saturated heterocycles. The van der Waals surface area contributed by atoms with Crippen molar-refractivity contribution in [3.63, 3.8) is 0 Å². The second kappa shape index (κ2) is 5.43. The lowest BCUT2D eigenvalue weighted by Gasteiger charge is -2.25. The van der Waals surface area contributed by atoms with Crippen LogP contribution in [0.3, 0.4) is 0 Å². The molecule has 22 heavy (non-hydrogen) atoms. The van der Waals surface area contributed by atoms with Crippen molar-refractivity contribution in [2.24, 2.45) is 5.14 Å². The Morgan fingerprint density at radius 2 is 1.86 bits per heavy atom. The molecular formula is C15H13NO5S. The van der Waals surface area contributed by atoms with Crippen LogP contribution in [0.4, 0.5) is 0 Å². The maximum atomic E-state index is 12.2. The van der Waals surface area contributed by atoms with Crippen molar-refractivity contribution in [3.05, 3.63) is 59.7 Å². The Balaban J connectivity index is 1.94. The standard InChI is InChI=1S/C15H13NO5S/c16-22(18,19)21-11-6-7-12-13(17)9-14(20-15(12)8-11)10-4-2-1-3-5-10/h1-8,14H,9H2,(H2,16,18,19). The molecule has 2 aromatic rings. The predicted octanol–water partition coefficient (Wildman–Crippen LogP) is 1.98. The number of carbonyl (C=O) groups excluding carboxylic acids is 1. The molecule has 2 N–H and O–H groups in total. The van der Waals surface area contributed by atoms with Gasteiger partial charge in [0.2, 0.25) is 0 Å². The van der Waals surface area contributed by atoms with Crippen molar-refractivity contribution in [2.75, 3.05) is 0 Å². The Morgan fingerprint density at radius 1 is 1.14 bits per heavy atom. The summed E-state index contributed by atoms with van der Waals surface area (Å²) < 4.78 is 32.3. The van der Waals surface area contributed by atoms with E-state index in [1.807, 2.05) is 30.3 Å². The molecule has 1 heterocycles. The van der Waals surface area contributed by atoms with Crippen molar-refractivity contribution in [3.8, 4) is 11.5 Å². The summed E-state index contributed by atoms with van der Waals surface area (Å²) in [6.45, 7) is 0. The molecule has 1 aliphatic heterocycles. The van der Waals surface area contributed by atoms with Crippen molar-refractivity contribution in [1.29, 1.82) is 0 Å². The third-order valence-corrected chi connectivity index (χ3v) is 3.70. The zero-order valence-electron chi connectivity index (χ0n) is 11.4. The van der Waals surface area contributed by atoms with Gasteiger partial charge in [-0.15, -0.1) is 0 Å². The zero-order valence-corrected chi connectivity index (χ0v) is 12.2. The number of hydrogen-bond donors (Lipinski definition) is 1. The molecular weight excluding hydrogens is 306 g/mol. The van der Waals surface area contributed by atoms with Crippen LogP contribution in [0.5, 0.6) is 11.5 Å². The molecule has 7 heteroatoms. The first-order valence-corrected chi connectivity index (χ1v) is 8.00. The normalized spacial score (nSPS) is 17.5. The lowest BCUT2D eigenvalue weighted by atomic mass is 9.96. The minimum Gasteiger partial charge on any atom is -0.484 e. The van der Waals surface area contributed by atoms with Crippen LogP contribution in [-0.4, -0.2) is 14.2 Å². The number of fused-ring (bicyclic) bond motifs is 1. The van der Waals surface area contributed by atoms with E-state index in [1.54, 1.807) is 0 Å². The summed E-state index contributed by atoms with van der Waals surface area (Å²) in [5.74, 6) is 0.214. The molecule has 0 bridgehead atoms. The summed E-state index contributed by atoms with van der Waals surface area (Å²) in [5.41, 5.74) is 1.27. The number of ether oxygens (including phenoxy) is 1. The van der Waals surface area contributed by atoms with E-state index in [4.69, 9.17) is 9.88 Å². The third-order valence-electron chi connectivity index (χ3n) is 3.28. The Bertz CT molecular complexity index is 817. The van der Waals surface area contributed by atoms with E-state index in [0.29, 0.717) is 5.56 Å². The van der Waals surface area contributed by atoms with Crippen LogP contribution in [-0.2, 0) is 10.3 Å². The SMILES string of the molecule is NS(=O)(=O)Oc1ccc2c(c1)OC(c1ccccc1)CC2=O. The fourth-order valence-electron chi connectivity index (χ4n) is 2.34.